The van der Waals surface area contributed by atoms with Crippen LogP contribution in [0, 0.1) is 6.92 Å². The fraction of sp³-hybridized carbons (Fsp3) is 0.333. The molecule has 2 unspecified atom stereocenters. The van der Waals surface area contributed by atoms with Gasteiger partial charge in [0.2, 0.25) is 0 Å². The quantitative estimate of drug-likeness (QED) is 0.807. The zero-order valence-electron chi connectivity index (χ0n) is 11.9. The Morgan fingerprint density at radius 1 is 1.33 bits per heavy atom. The molecule has 2 aromatic rings. The van der Waals surface area contributed by atoms with Crippen LogP contribution in [-0.2, 0) is 9.53 Å². The smallest absolute Gasteiger partial charge is 0.338 e. The van der Waals surface area contributed by atoms with Crippen molar-refractivity contribution in [3.63, 3.8) is 0 Å². The molecule has 21 heavy (non-hydrogen) atoms. The molecule has 0 saturated carbocycles. The van der Waals surface area contributed by atoms with E-state index in [4.69, 9.17) is 4.74 Å². The second-order valence-corrected chi connectivity index (χ2v) is 4.59. The number of aliphatic hydroxyl groups is 2. The van der Waals surface area contributed by atoms with Crippen molar-refractivity contribution in [2.45, 2.75) is 26.1 Å². The second kappa shape index (κ2) is 6.51. The molecule has 0 amide bonds. The Hall–Kier alpha value is -2.18. The first kappa shape index (κ1) is 15.2. The van der Waals surface area contributed by atoms with Crippen molar-refractivity contribution >= 4 is 5.97 Å². The summed E-state index contributed by atoms with van der Waals surface area (Å²) < 4.78 is 6.29. The third-order valence-electron chi connectivity index (χ3n) is 3.10. The molecule has 0 saturated heterocycles. The molecule has 0 fully saturated rings. The number of esters is 1. The minimum Gasteiger partial charge on any atom is -0.464 e. The van der Waals surface area contributed by atoms with E-state index in [0.29, 0.717) is 11.3 Å². The van der Waals surface area contributed by atoms with Gasteiger partial charge >= 0.3 is 5.97 Å². The van der Waals surface area contributed by atoms with Crippen LogP contribution in [0.4, 0.5) is 0 Å². The summed E-state index contributed by atoms with van der Waals surface area (Å²) in [5.74, 6) is -0.850. The number of benzene rings is 1. The number of aromatic nitrogens is 2. The van der Waals surface area contributed by atoms with Crippen molar-refractivity contribution in [3.05, 3.63) is 47.8 Å². The molecule has 0 spiro atoms. The van der Waals surface area contributed by atoms with E-state index >= 15 is 0 Å². The van der Waals surface area contributed by atoms with Crippen molar-refractivity contribution in [3.8, 4) is 5.69 Å². The Morgan fingerprint density at radius 3 is 2.62 bits per heavy atom. The predicted molar refractivity (Wildman–Crippen MR) is 75.9 cm³/mol. The van der Waals surface area contributed by atoms with E-state index in [-0.39, 0.29) is 6.61 Å². The van der Waals surface area contributed by atoms with Crippen molar-refractivity contribution < 1.29 is 19.7 Å². The molecule has 0 aliphatic heterocycles. The number of hydrogen-bond acceptors (Lipinski definition) is 5. The van der Waals surface area contributed by atoms with E-state index < -0.39 is 18.2 Å². The summed E-state index contributed by atoms with van der Waals surface area (Å²) in [4.78, 5) is 11.5. The van der Waals surface area contributed by atoms with E-state index in [2.05, 4.69) is 5.10 Å². The minimum atomic E-state index is -1.63. The van der Waals surface area contributed by atoms with Crippen molar-refractivity contribution in [1.29, 1.82) is 0 Å². The summed E-state index contributed by atoms with van der Waals surface area (Å²) in [5, 5.41) is 24.2. The van der Waals surface area contributed by atoms with E-state index in [1.165, 1.54) is 0 Å². The highest BCUT2D eigenvalue weighted by molar-refractivity contribution is 5.75. The van der Waals surface area contributed by atoms with Gasteiger partial charge in [-0.15, -0.1) is 0 Å². The SMILES string of the molecule is CCOC(=O)C(O)C(O)c1cn(-c2ccccc2)nc1C. The Labute approximate surface area is 122 Å². The molecule has 1 aromatic carbocycles. The normalized spacial score (nSPS) is 13.7. The van der Waals surface area contributed by atoms with Gasteiger partial charge in [-0.2, -0.15) is 5.10 Å². The Kier molecular flexibility index (Phi) is 4.72. The molecule has 0 bridgehead atoms. The van der Waals surface area contributed by atoms with E-state index in [9.17, 15) is 15.0 Å². The van der Waals surface area contributed by atoms with E-state index in [1.54, 1.807) is 24.7 Å². The number of aryl methyl sites for hydroxylation is 1. The molecule has 6 nitrogen and oxygen atoms in total. The minimum absolute atomic E-state index is 0.144. The van der Waals surface area contributed by atoms with Gasteiger partial charge in [0, 0.05) is 11.8 Å². The van der Waals surface area contributed by atoms with Crippen LogP contribution in [0.15, 0.2) is 36.5 Å². The fourth-order valence-electron chi connectivity index (χ4n) is 2.00. The van der Waals surface area contributed by atoms with Gasteiger partial charge in [0.25, 0.3) is 0 Å². The standard InChI is InChI=1S/C15H18N2O4/c1-3-21-15(20)14(19)13(18)12-9-17(16-10(12)2)11-7-5-4-6-8-11/h4-9,13-14,18-19H,3H2,1-2H3. The molecule has 2 rings (SSSR count). The Morgan fingerprint density at radius 2 is 2.00 bits per heavy atom. The Bertz CT molecular complexity index is 609. The summed E-state index contributed by atoms with van der Waals surface area (Å²) in [6.07, 6.45) is -1.41. The highest BCUT2D eigenvalue weighted by atomic mass is 16.5. The van der Waals surface area contributed by atoms with Gasteiger partial charge < -0.3 is 14.9 Å². The number of hydrogen-bond donors (Lipinski definition) is 2. The van der Waals surface area contributed by atoms with Gasteiger partial charge in [0.1, 0.15) is 6.10 Å². The monoisotopic (exact) mass is 290 g/mol. The van der Waals surface area contributed by atoms with Crippen LogP contribution in [0.5, 0.6) is 0 Å². The fourth-order valence-corrected chi connectivity index (χ4v) is 2.00. The maximum absolute atomic E-state index is 11.5. The molecule has 6 heteroatoms. The summed E-state index contributed by atoms with van der Waals surface area (Å²) in [6, 6.07) is 9.36. The van der Waals surface area contributed by atoms with Crippen LogP contribution in [0.2, 0.25) is 0 Å². The maximum Gasteiger partial charge on any atom is 0.338 e. The van der Waals surface area contributed by atoms with Crippen molar-refractivity contribution in [2.75, 3.05) is 6.61 Å². The second-order valence-electron chi connectivity index (χ2n) is 4.59. The third kappa shape index (κ3) is 3.29. The molecule has 112 valence electrons. The van der Waals surface area contributed by atoms with Gasteiger partial charge in [-0.25, -0.2) is 9.48 Å². The zero-order chi connectivity index (χ0) is 15.4. The van der Waals surface area contributed by atoms with Crippen molar-refractivity contribution in [2.24, 2.45) is 0 Å². The molecule has 2 N–H and O–H groups in total. The lowest BCUT2D eigenvalue weighted by Gasteiger charge is -2.15. The van der Waals surface area contributed by atoms with Crippen LogP contribution in [0.3, 0.4) is 0 Å². The van der Waals surface area contributed by atoms with E-state index in [1.807, 2.05) is 30.3 Å². The lowest BCUT2D eigenvalue weighted by Crippen LogP contribution is -2.30. The topological polar surface area (TPSA) is 84.6 Å². The summed E-state index contributed by atoms with van der Waals surface area (Å²) in [7, 11) is 0. The average molecular weight is 290 g/mol. The molecule has 1 aromatic heterocycles. The van der Waals surface area contributed by atoms with Crippen LogP contribution >= 0.6 is 0 Å². The first-order chi connectivity index (χ1) is 10.0. The van der Waals surface area contributed by atoms with E-state index in [0.717, 1.165) is 5.69 Å². The molecular weight excluding hydrogens is 272 g/mol. The Balaban J connectivity index is 2.25. The number of carbonyl (C=O) groups excluding carboxylic acids is 1. The van der Waals surface area contributed by atoms with Crippen LogP contribution < -0.4 is 0 Å². The van der Waals surface area contributed by atoms with Crippen molar-refractivity contribution in [1.82, 2.24) is 9.78 Å². The van der Waals surface area contributed by atoms with Crippen LogP contribution in [-0.4, -0.2) is 38.7 Å². The highest BCUT2D eigenvalue weighted by Crippen LogP contribution is 2.22. The molecule has 2 atom stereocenters. The summed E-state index contributed by atoms with van der Waals surface area (Å²) >= 11 is 0. The van der Waals surface area contributed by atoms with Gasteiger partial charge in [0.15, 0.2) is 6.10 Å². The lowest BCUT2D eigenvalue weighted by atomic mass is 10.1. The number of carbonyl (C=O) groups is 1. The molecule has 0 aliphatic carbocycles. The molecule has 1 heterocycles. The predicted octanol–water partition coefficient (Wildman–Crippen LogP) is 1.14. The maximum atomic E-state index is 11.5. The number of para-hydroxylation sites is 1. The molecule has 0 radical (unpaired) electrons. The molecule has 0 aliphatic rings. The van der Waals surface area contributed by atoms with Gasteiger partial charge in [-0.3, -0.25) is 0 Å². The highest BCUT2D eigenvalue weighted by Gasteiger charge is 2.29. The van der Waals surface area contributed by atoms with Gasteiger partial charge in [-0.1, -0.05) is 18.2 Å². The summed E-state index contributed by atoms with van der Waals surface area (Å²) in [5.41, 5.74) is 1.75. The van der Waals surface area contributed by atoms with Gasteiger partial charge in [0.05, 0.1) is 18.0 Å². The zero-order valence-corrected chi connectivity index (χ0v) is 11.9. The van der Waals surface area contributed by atoms with Gasteiger partial charge in [-0.05, 0) is 26.0 Å². The number of rotatable bonds is 5. The summed E-state index contributed by atoms with van der Waals surface area (Å²) in [6.45, 7) is 3.48. The number of aliphatic hydroxyl groups excluding tert-OH is 2. The lowest BCUT2D eigenvalue weighted by molar-refractivity contribution is -0.159. The first-order valence-corrected chi connectivity index (χ1v) is 6.69. The third-order valence-corrected chi connectivity index (χ3v) is 3.10. The number of nitrogens with zero attached hydrogens (tertiary/aromatic N) is 2. The molecular formula is C15H18N2O4. The number of ether oxygens (including phenoxy) is 1. The van der Waals surface area contributed by atoms with Crippen LogP contribution in [0.25, 0.3) is 5.69 Å². The largest absolute Gasteiger partial charge is 0.464 e. The first-order valence-electron chi connectivity index (χ1n) is 6.69. The van der Waals surface area contributed by atoms with Crippen LogP contribution in [0.1, 0.15) is 24.3 Å². The average Bonchev–Trinajstić information content (AvgIpc) is 2.89.